The predicted octanol–water partition coefficient (Wildman–Crippen LogP) is 2.96. The van der Waals surface area contributed by atoms with Crippen LogP contribution in [0.15, 0.2) is 24.3 Å². The standard InChI is InChI=1S/C14H18N2O2/c1-14(2,3)10-13(17)16-11-6-4-5-7-12(11)18-9-8-15/h4-7H,9-10H2,1-3H3,(H,16,17). The normalized spacial score (nSPS) is 10.6. The fraction of sp³-hybridized carbons (Fsp3) is 0.429. The molecule has 0 radical (unpaired) electrons. The number of para-hydroxylation sites is 2. The summed E-state index contributed by atoms with van der Waals surface area (Å²) >= 11 is 0. The first kappa shape index (κ1) is 14.0. The van der Waals surface area contributed by atoms with Gasteiger partial charge in [0.15, 0.2) is 6.61 Å². The van der Waals surface area contributed by atoms with Crippen molar-refractivity contribution in [1.29, 1.82) is 5.26 Å². The maximum atomic E-state index is 11.8. The zero-order chi connectivity index (χ0) is 13.6. The number of rotatable bonds is 4. The van der Waals surface area contributed by atoms with Crippen molar-refractivity contribution in [2.75, 3.05) is 11.9 Å². The number of anilines is 1. The van der Waals surface area contributed by atoms with Crippen LogP contribution in [-0.4, -0.2) is 12.5 Å². The number of hydrogen-bond acceptors (Lipinski definition) is 3. The van der Waals surface area contributed by atoms with E-state index in [4.69, 9.17) is 10.00 Å². The number of carbonyl (C=O) groups excluding carboxylic acids is 1. The minimum absolute atomic E-state index is 0.0356. The molecule has 0 saturated heterocycles. The number of nitriles is 1. The second-order valence-corrected chi connectivity index (χ2v) is 5.23. The lowest BCUT2D eigenvalue weighted by Crippen LogP contribution is -2.20. The molecule has 0 aliphatic rings. The molecular weight excluding hydrogens is 228 g/mol. The fourth-order valence-corrected chi connectivity index (χ4v) is 1.48. The van der Waals surface area contributed by atoms with E-state index in [1.54, 1.807) is 18.2 Å². The van der Waals surface area contributed by atoms with Crippen LogP contribution in [0, 0.1) is 16.7 Å². The molecule has 4 heteroatoms. The summed E-state index contributed by atoms with van der Waals surface area (Å²) in [5, 5.41) is 11.3. The van der Waals surface area contributed by atoms with Gasteiger partial charge >= 0.3 is 0 Å². The zero-order valence-corrected chi connectivity index (χ0v) is 11.0. The van der Waals surface area contributed by atoms with Crippen molar-refractivity contribution in [3.63, 3.8) is 0 Å². The lowest BCUT2D eigenvalue weighted by Gasteiger charge is -2.18. The zero-order valence-electron chi connectivity index (χ0n) is 11.0. The van der Waals surface area contributed by atoms with Crippen LogP contribution in [0.4, 0.5) is 5.69 Å². The van der Waals surface area contributed by atoms with Crippen molar-refractivity contribution < 1.29 is 9.53 Å². The number of nitrogens with zero attached hydrogens (tertiary/aromatic N) is 1. The minimum Gasteiger partial charge on any atom is -0.477 e. The first-order chi connectivity index (χ1) is 8.42. The van der Waals surface area contributed by atoms with E-state index in [0.717, 1.165) is 0 Å². The van der Waals surface area contributed by atoms with Crippen LogP contribution < -0.4 is 10.1 Å². The average molecular weight is 246 g/mol. The number of benzene rings is 1. The molecule has 1 amide bonds. The number of nitrogens with one attached hydrogen (secondary N) is 1. The van der Waals surface area contributed by atoms with Gasteiger partial charge in [0.25, 0.3) is 0 Å². The second kappa shape index (κ2) is 6.06. The number of amides is 1. The molecule has 0 heterocycles. The minimum atomic E-state index is -0.0630. The lowest BCUT2D eigenvalue weighted by atomic mass is 9.92. The molecule has 0 spiro atoms. The molecule has 1 rings (SSSR count). The van der Waals surface area contributed by atoms with Gasteiger partial charge in [-0.15, -0.1) is 0 Å². The summed E-state index contributed by atoms with van der Waals surface area (Å²) in [6.07, 6.45) is 0.430. The van der Waals surface area contributed by atoms with Crippen LogP contribution in [0.5, 0.6) is 5.75 Å². The molecular formula is C14H18N2O2. The monoisotopic (exact) mass is 246 g/mol. The smallest absolute Gasteiger partial charge is 0.224 e. The predicted molar refractivity (Wildman–Crippen MR) is 70.3 cm³/mol. The summed E-state index contributed by atoms with van der Waals surface area (Å²) in [4.78, 5) is 11.8. The number of ether oxygens (including phenoxy) is 1. The largest absolute Gasteiger partial charge is 0.477 e. The topological polar surface area (TPSA) is 62.1 Å². The summed E-state index contributed by atoms with van der Waals surface area (Å²) in [5.41, 5.74) is 0.536. The van der Waals surface area contributed by atoms with Crippen molar-refractivity contribution in [3.8, 4) is 11.8 Å². The Morgan fingerprint density at radius 2 is 2.06 bits per heavy atom. The molecule has 0 unspecified atom stereocenters. The van der Waals surface area contributed by atoms with Gasteiger partial charge in [-0.1, -0.05) is 32.9 Å². The Kier molecular flexibility index (Phi) is 4.73. The van der Waals surface area contributed by atoms with Gasteiger partial charge < -0.3 is 10.1 Å². The molecule has 0 atom stereocenters. The van der Waals surface area contributed by atoms with Gasteiger partial charge in [-0.05, 0) is 17.5 Å². The van der Waals surface area contributed by atoms with Crippen molar-refractivity contribution in [2.45, 2.75) is 27.2 Å². The number of carbonyl (C=O) groups is 1. The van der Waals surface area contributed by atoms with Crippen LogP contribution in [0.3, 0.4) is 0 Å². The molecule has 1 aromatic rings. The quantitative estimate of drug-likeness (QED) is 0.888. The van der Waals surface area contributed by atoms with E-state index in [2.05, 4.69) is 5.32 Å². The van der Waals surface area contributed by atoms with Gasteiger partial charge in [0, 0.05) is 6.42 Å². The van der Waals surface area contributed by atoms with Gasteiger partial charge in [0.05, 0.1) is 5.69 Å². The molecule has 0 bridgehead atoms. The van der Waals surface area contributed by atoms with Gasteiger partial charge in [-0.25, -0.2) is 0 Å². The van der Waals surface area contributed by atoms with E-state index >= 15 is 0 Å². The Hall–Kier alpha value is -2.02. The van der Waals surface area contributed by atoms with E-state index in [-0.39, 0.29) is 17.9 Å². The molecule has 0 aromatic heterocycles. The highest BCUT2D eigenvalue weighted by atomic mass is 16.5. The Morgan fingerprint density at radius 1 is 1.39 bits per heavy atom. The van der Waals surface area contributed by atoms with Crippen LogP contribution in [-0.2, 0) is 4.79 Å². The Balaban J connectivity index is 2.72. The van der Waals surface area contributed by atoms with E-state index in [1.165, 1.54) is 0 Å². The third kappa shape index (κ3) is 4.88. The van der Waals surface area contributed by atoms with Crippen molar-refractivity contribution in [1.82, 2.24) is 0 Å². The van der Waals surface area contributed by atoms with Crippen LogP contribution >= 0.6 is 0 Å². The highest BCUT2D eigenvalue weighted by Crippen LogP contribution is 2.25. The molecule has 1 N–H and O–H groups in total. The van der Waals surface area contributed by atoms with Crippen molar-refractivity contribution in [2.24, 2.45) is 5.41 Å². The first-order valence-corrected chi connectivity index (χ1v) is 5.81. The molecule has 18 heavy (non-hydrogen) atoms. The fourth-order valence-electron chi connectivity index (χ4n) is 1.48. The van der Waals surface area contributed by atoms with Gasteiger partial charge in [0.2, 0.25) is 5.91 Å². The Bertz CT molecular complexity index is 456. The van der Waals surface area contributed by atoms with E-state index in [0.29, 0.717) is 17.9 Å². The molecule has 96 valence electrons. The third-order valence-electron chi connectivity index (χ3n) is 2.14. The van der Waals surface area contributed by atoms with Gasteiger partial charge in [-0.3, -0.25) is 4.79 Å². The molecule has 0 saturated carbocycles. The van der Waals surface area contributed by atoms with Crippen LogP contribution in [0.1, 0.15) is 27.2 Å². The average Bonchev–Trinajstić information content (AvgIpc) is 2.25. The summed E-state index contributed by atoms with van der Waals surface area (Å²) in [5.74, 6) is 0.455. The molecule has 0 aliphatic heterocycles. The molecule has 1 aromatic carbocycles. The maximum Gasteiger partial charge on any atom is 0.224 e. The van der Waals surface area contributed by atoms with E-state index in [9.17, 15) is 4.79 Å². The van der Waals surface area contributed by atoms with Gasteiger partial charge in [-0.2, -0.15) is 5.26 Å². The highest BCUT2D eigenvalue weighted by molar-refractivity contribution is 5.92. The second-order valence-electron chi connectivity index (χ2n) is 5.23. The molecule has 0 aliphatic carbocycles. The Morgan fingerprint density at radius 3 is 2.67 bits per heavy atom. The van der Waals surface area contributed by atoms with Crippen molar-refractivity contribution in [3.05, 3.63) is 24.3 Å². The summed E-state index contributed by atoms with van der Waals surface area (Å²) < 4.78 is 5.24. The SMILES string of the molecule is CC(C)(C)CC(=O)Nc1ccccc1OCC#N. The highest BCUT2D eigenvalue weighted by Gasteiger charge is 2.16. The van der Waals surface area contributed by atoms with E-state index in [1.807, 2.05) is 32.9 Å². The number of hydrogen-bond donors (Lipinski definition) is 1. The Labute approximate surface area is 108 Å². The molecule has 0 fully saturated rings. The van der Waals surface area contributed by atoms with Crippen molar-refractivity contribution >= 4 is 11.6 Å². The van der Waals surface area contributed by atoms with Crippen LogP contribution in [0.2, 0.25) is 0 Å². The summed E-state index contributed by atoms with van der Waals surface area (Å²) in [6.45, 7) is 5.98. The molecule has 4 nitrogen and oxygen atoms in total. The summed E-state index contributed by atoms with van der Waals surface area (Å²) in [6, 6.07) is 8.99. The summed E-state index contributed by atoms with van der Waals surface area (Å²) in [7, 11) is 0. The maximum absolute atomic E-state index is 11.8. The lowest BCUT2D eigenvalue weighted by molar-refractivity contribution is -0.117. The van der Waals surface area contributed by atoms with Gasteiger partial charge in [0.1, 0.15) is 11.8 Å². The van der Waals surface area contributed by atoms with Crippen LogP contribution in [0.25, 0.3) is 0 Å². The first-order valence-electron chi connectivity index (χ1n) is 5.81. The van der Waals surface area contributed by atoms with E-state index < -0.39 is 0 Å². The third-order valence-corrected chi connectivity index (χ3v) is 2.14.